The number of hydrogen-bond donors (Lipinski definition) is 1. The predicted molar refractivity (Wildman–Crippen MR) is 57.6 cm³/mol. The van der Waals surface area contributed by atoms with Crippen LogP contribution < -0.4 is 10.2 Å². The van der Waals surface area contributed by atoms with E-state index in [1.807, 2.05) is 6.07 Å². The van der Waals surface area contributed by atoms with Gasteiger partial charge in [0.05, 0.1) is 11.4 Å². The molecule has 1 N–H and O–H groups in total. The number of nitrogens with zero attached hydrogens (tertiary/aromatic N) is 1. The van der Waals surface area contributed by atoms with Crippen LogP contribution in [0.25, 0.3) is 0 Å². The van der Waals surface area contributed by atoms with Crippen LogP contribution in [0, 0.1) is 5.82 Å². The molecule has 0 saturated carbocycles. The number of allylic oxidation sites excluding steroid dienone is 1. The first-order chi connectivity index (χ1) is 6.75. The Labute approximate surface area is 85.8 Å². The second-order valence-electron chi connectivity index (χ2n) is 3.42. The number of rotatable bonds is 0. The van der Waals surface area contributed by atoms with Crippen molar-refractivity contribution in [3.63, 3.8) is 0 Å². The van der Waals surface area contributed by atoms with Crippen LogP contribution in [0.4, 0.5) is 15.8 Å². The van der Waals surface area contributed by atoms with Gasteiger partial charge in [0.25, 0.3) is 0 Å². The number of thioether (sulfide) groups is 1. The van der Waals surface area contributed by atoms with E-state index in [0.29, 0.717) is 0 Å². The van der Waals surface area contributed by atoms with Crippen LogP contribution in [0.1, 0.15) is 6.92 Å². The third kappa shape index (κ3) is 0.973. The second-order valence-corrected chi connectivity index (χ2v) is 4.38. The maximum Gasteiger partial charge on any atom is 0.156 e. The Kier molecular flexibility index (Phi) is 1.56. The molecule has 2 aliphatic rings. The van der Waals surface area contributed by atoms with Crippen LogP contribution in [-0.4, -0.2) is 5.50 Å². The van der Waals surface area contributed by atoms with E-state index in [1.54, 1.807) is 17.8 Å². The molecule has 0 fully saturated rings. The van der Waals surface area contributed by atoms with Gasteiger partial charge in [0, 0.05) is 5.70 Å². The van der Waals surface area contributed by atoms with Gasteiger partial charge in [-0.1, -0.05) is 11.8 Å². The summed E-state index contributed by atoms with van der Waals surface area (Å²) in [5, 5.41) is 5.38. The second kappa shape index (κ2) is 2.67. The standard InChI is InChI=1S/C10H9FN2S/c1-6-5-14-10-12-8-4-7(11)2-3-9(8)13(6)10/h2-5,10,12H,1H3. The van der Waals surface area contributed by atoms with Gasteiger partial charge < -0.3 is 10.2 Å². The first-order valence-corrected chi connectivity index (χ1v) is 5.37. The van der Waals surface area contributed by atoms with E-state index in [0.717, 1.165) is 11.4 Å². The SMILES string of the molecule is CC1=CSC2Nc3cc(F)ccc3N12. The van der Waals surface area contributed by atoms with Crippen molar-refractivity contribution >= 4 is 23.1 Å². The molecular weight excluding hydrogens is 199 g/mol. The van der Waals surface area contributed by atoms with Gasteiger partial charge in [0.1, 0.15) is 5.82 Å². The quantitative estimate of drug-likeness (QED) is 0.705. The highest BCUT2D eigenvalue weighted by atomic mass is 32.2. The average Bonchev–Trinajstić information content (AvgIpc) is 2.66. The molecule has 2 heterocycles. The van der Waals surface area contributed by atoms with Crippen molar-refractivity contribution in [1.29, 1.82) is 0 Å². The Morgan fingerprint density at radius 1 is 1.50 bits per heavy atom. The molecule has 2 aliphatic heterocycles. The van der Waals surface area contributed by atoms with Gasteiger partial charge in [-0.05, 0) is 30.5 Å². The maximum absolute atomic E-state index is 13.0. The fraction of sp³-hybridized carbons (Fsp3) is 0.200. The van der Waals surface area contributed by atoms with Gasteiger partial charge in [-0.3, -0.25) is 0 Å². The number of hydrogen-bond acceptors (Lipinski definition) is 3. The fourth-order valence-electron chi connectivity index (χ4n) is 1.85. The molecule has 14 heavy (non-hydrogen) atoms. The molecule has 0 amide bonds. The van der Waals surface area contributed by atoms with E-state index in [1.165, 1.54) is 11.8 Å². The van der Waals surface area contributed by atoms with Crippen LogP contribution in [0.15, 0.2) is 29.3 Å². The van der Waals surface area contributed by atoms with Crippen LogP contribution in [-0.2, 0) is 0 Å². The largest absolute Gasteiger partial charge is 0.354 e. The topological polar surface area (TPSA) is 15.3 Å². The molecule has 1 aromatic rings. The van der Waals surface area contributed by atoms with E-state index >= 15 is 0 Å². The Morgan fingerprint density at radius 3 is 3.21 bits per heavy atom. The normalized spacial score (nSPS) is 22.9. The third-order valence-electron chi connectivity index (χ3n) is 2.48. The summed E-state index contributed by atoms with van der Waals surface area (Å²) < 4.78 is 13.0. The Balaban J connectivity index is 2.12. The van der Waals surface area contributed by atoms with E-state index in [2.05, 4.69) is 22.5 Å². The van der Waals surface area contributed by atoms with Crippen LogP contribution >= 0.6 is 11.8 Å². The first-order valence-electron chi connectivity index (χ1n) is 4.43. The zero-order chi connectivity index (χ0) is 9.71. The predicted octanol–water partition coefficient (Wildman–Crippen LogP) is 2.95. The Morgan fingerprint density at radius 2 is 2.36 bits per heavy atom. The van der Waals surface area contributed by atoms with Crippen molar-refractivity contribution in [3.8, 4) is 0 Å². The molecule has 72 valence electrons. The molecular formula is C10H9FN2S. The molecule has 0 aromatic heterocycles. The summed E-state index contributed by atoms with van der Waals surface area (Å²) in [5.41, 5.74) is 3.37. The minimum absolute atomic E-state index is 0.191. The summed E-state index contributed by atoms with van der Waals surface area (Å²) in [7, 11) is 0. The monoisotopic (exact) mass is 208 g/mol. The van der Waals surface area contributed by atoms with Crippen LogP contribution in [0.5, 0.6) is 0 Å². The number of halogens is 1. The number of fused-ring (bicyclic) bond motifs is 3. The van der Waals surface area contributed by atoms with Gasteiger partial charge >= 0.3 is 0 Å². The van der Waals surface area contributed by atoms with Gasteiger partial charge in [0.15, 0.2) is 5.50 Å². The van der Waals surface area contributed by atoms with Crippen molar-refractivity contribution < 1.29 is 4.39 Å². The number of anilines is 2. The van der Waals surface area contributed by atoms with Crippen LogP contribution in [0.2, 0.25) is 0 Å². The van der Waals surface area contributed by atoms with E-state index in [4.69, 9.17) is 0 Å². The van der Waals surface area contributed by atoms with Crippen molar-refractivity contribution in [2.24, 2.45) is 0 Å². The molecule has 0 spiro atoms. The zero-order valence-electron chi connectivity index (χ0n) is 7.62. The third-order valence-corrected chi connectivity index (χ3v) is 3.54. The summed E-state index contributed by atoms with van der Waals surface area (Å²) in [5.74, 6) is -0.191. The minimum Gasteiger partial charge on any atom is -0.354 e. The van der Waals surface area contributed by atoms with Crippen LogP contribution in [0.3, 0.4) is 0 Å². The molecule has 1 atom stereocenters. The molecule has 0 radical (unpaired) electrons. The highest BCUT2D eigenvalue weighted by Crippen LogP contribution is 2.45. The molecule has 4 heteroatoms. The van der Waals surface area contributed by atoms with Gasteiger partial charge in [-0.25, -0.2) is 4.39 Å². The highest BCUT2D eigenvalue weighted by Gasteiger charge is 2.33. The van der Waals surface area contributed by atoms with Crippen molar-refractivity contribution in [3.05, 3.63) is 35.1 Å². The summed E-state index contributed by atoms with van der Waals surface area (Å²) in [6.45, 7) is 2.06. The number of nitrogens with one attached hydrogen (secondary N) is 1. The smallest absolute Gasteiger partial charge is 0.156 e. The Bertz CT molecular complexity index is 430. The Hall–Kier alpha value is -1.16. The maximum atomic E-state index is 13.0. The molecule has 0 saturated heterocycles. The average molecular weight is 208 g/mol. The van der Waals surface area contributed by atoms with Crippen molar-refractivity contribution in [2.75, 3.05) is 10.2 Å². The van der Waals surface area contributed by atoms with E-state index < -0.39 is 0 Å². The first kappa shape index (κ1) is 8.17. The molecule has 3 rings (SSSR count). The highest BCUT2D eigenvalue weighted by molar-refractivity contribution is 8.03. The van der Waals surface area contributed by atoms with Gasteiger partial charge in [0.2, 0.25) is 0 Å². The van der Waals surface area contributed by atoms with Crippen molar-refractivity contribution in [2.45, 2.75) is 12.4 Å². The van der Waals surface area contributed by atoms with Crippen molar-refractivity contribution in [1.82, 2.24) is 0 Å². The number of benzene rings is 1. The minimum atomic E-state index is -0.191. The van der Waals surface area contributed by atoms with E-state index in [9.17, 15) is 4.39 Å². The summed E-state index contributed by atoms with van der Waals surface area (Å²) in [6.07, 6.45) is 0. The van der Waals surface area contributed by atoms with Gasteiger partial charge in [-0.15, -0.1) is 0 Å². The molecule has 1 aromatic carbocycles. The lowest BCUT2D eigenvalue weighted by atomic mass is 10.2. The summed E-state index contributed by atoms with van der Waals surface area (Å²) in [6, 6.07) is 4.86. The summed E-state index contributed by atoms with van der Waals surface area (Å²) in [4.78, 5) is 2.18. The lowest BCUT2D eigenvalue weighted by Crippen LogP contribution is -2.26. The lowest BCUT2D eigenvalue weighted by molar-refractivity contribution is 0.628. The lowest BCUT2D eigenvalue weighted by Gasteiger charge is -2.18. The molecule has 2 nitrogen and oxygen atoms in total. The zero-order valence-corrected chi connectivity index (χ0v) is 8.44. The molecule has 0 bridgehead atoms. The summed E-state index contributed by atoms with van der Waals surface area (Å²) >= 11 is 1.71. The van der Waals surface area contributed by atoms with Gasteiger partial charge in [-0.2, -0.15) is 0 Å². The fourth-order valence-corrected chi connectivity index (χ4v) is 2.88. The van der Waals surface area contributed by atoms with E-state index in [-0.39, 0.29) is 11.3 Å². The molecule has 0 aliphatic carbocycles. The molecule has 1 unspecified atom stereocenters.